The van der Waals surface area contributed by atoms with Crippen molar-refractivity contribution in [3.05, 3.63) is 66.1 Å². The van der Waals surface area contributed by atoms with Gasteiger partial charge >= 0.3 is 0 Å². The third kappa shape index (κ3) is 5.23. The highest BCUT2D eigenvalue weighted by molar-refractivity contribution is 5.75. The van der Waals surface area contributed by atoms with E-state index in [0.29, 0.717) is 30.2 Å². The minimum Gasteiger partial charge on any atom is -0.368 e. The van der Waals surface area contributed by atoms with Gasteiger partial charge in [0, 0.05) is 39.3 Å². The van der Waals surface area contributed by atoms with Crippen molar-refractivity contribution in [2.24, 2.45) is 11.7 Å². The minimum atomic E-state index is -1.05. The van der Waals surface area contributed by atoms with Crippen molar-refractivity contribution in [1.29, 1.82) is 5.26 Å². The molecule has 1 aliphatic heterocycles. The quantitative estimate of drug-likeness (QED) is 0.351. The molecule has 1 aliphatic rings. The maximum absolute atomic E-state index is 15.2. The highest BCUT2D eigenvalue weighted by Crippen LogP contribution is 2.34. The summed E-state index contributed by atoms with van der Waals surface area (Å²) in [7, 11) is 1.78. The summed E-state index contributed by atoms with van der Waals surface area (Å²) < 4.78 is 31.9. The van der Waals surface area contributed by atoms with Crippen LogP contribution < -0.4 is 16.0 Å². The van der Waals surface area contributed by atoms with Crippen LogP contribution in [0, 0.1) is 28.9 Å². The summed E-state index contributed by atoms with van der Waals surface area (Å²) in [5.74, 6) is -1.22. The number of piperidine rings is 1. The smallest absolute Gasteiger partial charge is 0.229 e. The van der Waals surface area contributed by atoms with Crippen molar-refractivity contribution in [2.45, 2.75) is 45.2 Å². The Morgan fingerprint density at radius 1 is 1.19 bits per heavy atom. The molecule has 3 atom stereocenters. The highest BCUT2D eigenvalue weighted by Gasteiger charge is 2.36. The van der Waals surface area contributed by atoms with Crippen LogP contribution in [-0.2, 0) is 10.2 Å². The Kier molecular flexibility index (Phi) is 7.55. The molecular formula is C30H33F2N9O. The third-order valence-electron chi connectivity index (χ3n) is 7.97. The number of carbonyl (C=O) groups is 1. The average molecular weight is 574 g/mol. The van der Waals surface area contributed by atoms with Gasteiger partial charge in [-0.3, -0.25) is 9.78 Å². The molecule has 12 heteroatoms. The normalized spacial score (nSPS) is 19.0. The van der Waals surface area contributed by atoms with Crippen LogP contribution in [0.1, 0.15) is 33.3 Å². The van der Waals surface area contributed by atoms with Gasteiger partial charge in [-0.05, 0) is 55.7 Å². The van der Waals surface area contributed by atoms with Crippen LogP contribution in [0.3, 0.4) is 0 Å². The Labute approximate surface area is 242 Å². The number of aromatic nitrogens is 4. The van der Waals surface area contributed by atoms with Crippen LogP contribution in [0.15, 0.2) is 48.9 Å². The molecule has 218 valence electrons. The zero-order chi connectivity index (χ0) is 30.3. The van der Waals surface area contributed by atoms with E-state index in [0.717, 1.165) is 5.69 Å². The molecule has 4 aromatic rings. The van der Waals surface area contributed by atoms with E-state index in [1.807, 2.05) is 6.07 Å². The van der Waals surface area contributed by atoms with Crippen LogP contribution in [-0.4, -0.2) is 62.6 Å². The maximum Gasteiger partial charge on any atom is 0.229 e. The number of imidazole rings is 1. The Morgan fingerprint density at radius 3 is 2.55 bits per heavy atom. The lowest BCUT2D eigenvalue weighted by molar-refractivity contribution is -0.131. The molecule has 4 heterocycles. The predicted octanol–water partition coefficient (Wildman–Crippen LogP) is 4.24. The molecule has 42 heavy (non-hydrogen) atoms. The molecule has 0 unspecified atom stereocenters. The first kappa shape index (κ1) is 28.9. The van der Waals surface area contributed by atoms with Gasteiger partial charge < -0.3 is 20.9 Å². The number of hydrogen-bond acceptors (Lipinski definition) is 8. The second-order valence-corrected chi connectivity index (χ2v) is 11.4. The summed E-state index contributed by atoms with van der Waals surface area (Å²) in [5.41, 5.74) is 7.62. The number of carbonyl (C=O) groups excluding carboxylic acids is 1. The first-order chi connectivity index (χ1) is 19.9. The number of anilines is 3. The molecule has 1 fully saturated rings. The number of nitriles is 1. The lowest BCUT2D eigenvalue weighted by Gasteiger charge is -2.46. The minimum absolute atomic E-state index is 0.0261. The number of likely N-dealkylation sites (N-methyl/N-ethyl adjacent to an activating group) is 1. The Morgan fingerprint density at radius 2 is 1.90 bits per heavy atom. The lowest BCUT2D eigenvalue weighted by Crippen LogP contribution is -2.62. The van der Waals surface area contributed by atoms with Gasteiger partial charge in [-0.15, -0.1) is 0 Å². The number of hydrogen-bond donors (Lipinski definition) is 2. The zero-order valence-corrected chi connectivity index (χ0v) is 24.1. The Bertz CT molecular complexity index is 1660. The van der Waals surface area contributed by atoms with E-state index in [1.165, 1.54) is 29.6 Å². The molecule has 1 saturated heterocycles. The van der Waals surface area contributed by atoms with Crippen molar-refractivity contribution in [3.8, 4) is 17.3 Å². The molecule has 5 rings (SSSR count). The van der Waals surface area contributed by atoms with E-state index in [4.69, 9.17) is 5.73 Å². The van der Waals surface area contributed by atoms with E-state index >= 15 is 8.78 Å². The summed E-state index contributed by atoms with van der Waals surface area (Å²) in [6.45, 7) is 8.00. The molecule has 1 aromatic carbocycles. The van der Waals surface area contributed by atoms with Crippen molar-refractivity contribution in [2.75, 3.05) is 30.4 Å². The number of halogens is 2. The SMILES string of the molecule is CC(=O)N(C)[C@@H]1[C@H](N)CN(c2ccncc2Nc2ncc3ccc(-c4c(F)cc(C(C)(C)C#N)cc4F)nn23)C[C@@H]1C. The fraction of sp³-hybridized carbons (Fsp3) is 0.367. The second-order valence-electron chi connectivity index (χ2n) is 11.4. The molecular weight excluding hydrogens is 540 g/mol. The number of nitrogens with zero attached hydrogens (tertiary/aromatic N) is 7. The Hall–Kier alpha value is -4.63. The molecule has 0 bridgehead atoms. The van der Waals surface area contributed by atoms with Gasteiger partial charge in [0.15, 0.2) is 0 Å². The highest BCUT2D eigenvalue weighted by atomic mass is 19.1. The van der Waals surface area contributed by atoms with Crippen LogP contribution >= 0.6 is 0 Å². The van der Waals surface area contributed by atoms with Crippen molar-refractivity contribution in [3.63, 3.8) is 0 Å². The number of pyridine rings is 1. The first-order valence-electron chi connectivity index (χ1n) is 13.6. The maximum atomic E-state index is 15.2. The molecule has 3 aromatic heterocycles. The molecule has 0 saturated carbocycles. The zero-order valence-electron chi connectivity index (χ0n) is 24.1. The number of amides is 1. The van der Waals surface area contributed by atoms with E-state index in [2.05, 4.69) is 38.3 Å². The van der Waals surface area contributed by atoms with Gasteiger partial charge in [-0.2, -0.15) is 14.9 Å². The monoisotopic (exact) mass is 573 g/mol. The number of nitrogens with one attached hydrogen (secondary N) is 1. The van der Waals surface area contributed by atoms with E-state index < -0.39 is 17.0 Å². The van der Waals surface area contributed by atoms with Gasteiger partial charge in [-0.1, -0.05) is 6.92 Å². The summed E-state index contributed by atoms with van der Waals surface area (Å²) in [6.07, 6.45) is 4.95. The third-order valence-corrected chi connectivity index (χ3v) is 7.97. The van der Waals surface area contributed by atoms with Gasteiger partial charge in [0.25, 0.3) is 0 Å². The van der Waals surface area contributed by atoms with Crippen molar-refractivity contribution >= 4 is 28.7 Å². The first-order valence-corrected chi connectivity index (χ1v) is 13.6. The summed E-state index contributed by atoms with van der Waals surface area (Å²) in [4.78, 5) is 24.6. The second kappa shape index (κ2) is 11.0. The summed E-state index contributed by atoms with van der Waals surface area (Å²) >= 11 is 0. The molecule has 10 nitrogen and oxygen atoms in total. The fourth-order valence-electron chi connectivity index (χ4n) is 5.61. The van der Waals surface area contributed by atoms with E-state index in [1.54, 1.807) is 50.5 Å². The van der Waals surface area contributed by atoms with E-state index in [9.17, 15) is 10.1 Å². The molecule has 0 aliphatic carbocycles. The standard InChI is InChI=1S/C30H33F2N9O/c1-17-14-40(15-23(34)28(17)39(5)18(2)42)26-8-9-35-13-25(26)37-29-36-12-20-6-7-24(38-41(20)29)27-21(31)10-19(11-22(27)32)30(3,4)16-33/h6-13,17,23,28H,14-15,34H2,1-5H3,(H,36,37)/t17-,23+,28-/m0/s1. The molecule has 1 amide bonds. The van der Waals surface area contributed by atoms with Gasteiger partial charge in [0.1, 0.15) is 11.6 Å². The van der Waals surface area contributed by atoms with Crippen LogP contribution in [0.25, 0.3) is 16.8 Å². The lowest BCUT2D eigenvalue weighted by atomic mass is 9.85. The van der Waals surface area contributed by atoms with Gasteiger partial charge in [0.05, 0.1) is 58.1 Å². The van der Waals surface area contributed by atoms with Crippen molar-refractivity contribution in [1.82, 2.24) is 24.5 Å². The number of nitrogens with two attached hydrogens (primary N) is 1. The van der Waals surface area contributed by atoms with Gasteiger partial charge in [0.2, 0.25) is 11.9 Å². The molecule has 0 radical (unpaired) electrons. The number of benzene rings is 1. The van der Waals surface area contributed by atoms with Crippen LogP contribution in [0.5, 0.6) is 0 Å². The number of rotatable bonds is 6. The molecule has 3 N–H and O–H groups in total. The largest absolute Gasteiger partial charge is 0.368 e. The van der Waals surface area contributed by atoms with E-state index in [-0.39, 0.29) is 40.7 Å². The Balaban J connectivity index is 1.46. The average Bonchev–Trinajstić information content (AvgIpc) is 3.34. The molecule has 0 spiro atoms. The number of fused-ring (bicyclic) bond motifs is 1. The topological polar surface area (TPSA) is 128 Å². The van der Waals surface area contributed by atoms with Crippen LogP contribution in [0.4, 0.5) is 26.1 Å². The van der Waals surface area contributed by atoms with Crippen molar-refractivity contribution < 1.29 is 13.6 Å². The predicted molar refractivity (Wildman–Crippen MR) is 156 cm³/mol. The van der Waals surface area contributed by atoms with Crippen LogP contribution in [0.2, 0.25) is 0 Å². The fourth-order valence-corrected chi connectivity index (χ4v) is 5.61. The summed E-state index contributed by atoms with van der Waals surface area (Å²) in [5, 5.41) is 17.2. The van der Waals surface area contributed by atoms with Gasteiger partial charge in [-0.25, -0.2) is 13.8 Å². The summed E-state index contributed by atoms with van der Waals surface area (Å²) in [6, 6.07) is 9.13.